The topological polar surface area (TPSA) is 28.4 Å². The SMILES string of the molecule is CNCc1occc1CN(C)C(C)CCSC. The van der Waals surface area contributed by atoms with Crippen molar-refractivity contribution in [2.24, 2.45) is 0 Å². The van der Waals surface area contributed by atoms with E-state index in [4.69, 9.17) is 4.42 Å². The van der Waals surface area contributed by atoms with Gasteiger partial charge in [-0.3, -0.25) is 4.90 Å². The molecule has 0 amide bonds. The number of nitrogens with one attached hydrogen (secondary N) is 1. The van der Waals surface area contributed by atoms with Crippen molar-refractivity contribution in [3.8, 4) is 0 Å². The van der Waals surface area contributed by atoms with Crippen molar-refractivity contribution in [2.45, 2.75) is 32.5 Å². The van der Waals surface area contributed by atoms with E-state index >= 15 is 0 Å². The van der Waals surface area contributed by atoms with Gasteiger partial charge in [-0.1, -0.05) is 0 Å². The van der Waals surface area contributed by atoms with Crippen LogP contribution >= 0.6 is 11.8 Å². The number of hydrogen-bond donors (Lipinski definition) is 1. The summed E-state index contributed by atoms with van der Waals surface area (Å²) < 4.78 is 5.47. The molecule has 1 rings (SSSR count). The Balaban J connectivity index is 2.48. The molecular weight excluding hydrogens is 232 g/mol. The van der Waals surface area contributed by atoms with Crippen LogP contribution in [-0.2, 0) is 13.1 Å². The van der Waals surface area contributed by atoms with Gasteiger partial charge in [0.15, 0.2) is 0 Å². The Bertz CT molecular complexity index is 314. The monoisotopic (exact) mass is 256 g/mol. The van der Waals surface area contributed by atoms with E-state index in [-0.39, 0.29) is 0 Å². The molecule has 0 aliphatic rings. The summed E-state index contributed by atoms with van der Waals surface area (Å²) in [6, 6.07) is 2.68. The van der Waals surface area contributed by atoms with E-state index in [1.165, 1.54) is 17.7 Å². The van der Waals surface area contributed by atoms with Crippen molar-refractivity contribution >= 4 is 11.8 Å². The summed E-state index contributed by atoms with van der Waals surface area (Å²) in [4.78, 5) is 2.39. The first-order valence-electron chi connectivity index (χ1n) is 6.08. The van der Waals surface area contributed by atoms with Gasteiger partial charge in [0.1, 0.15) is 5.76 Å². The molecule has 0 aromatic carbocycles. The molecule has 1 atom stereocenters. The second kappa shape index (κ2) is 7.80. The number of nitrogens with zero attached hydrogens (tertiary/aromatic N) is 1. The molecule has 1 N–H and O–H groups in total. The fourth-order valence-corrected chi connectivity index (χ4v) is 2.33. The predicted octanol–water partition coefficient (Wildman–Crippen LogP) is 2.57. The minimum absolute atomic E-state index is 0.611. The highest BCUT2D eigenvalue weighted by molar-refractivity contribution is 7.98. The van der Waals surface area contributed by atoms with E-state index in [9.17, 15) is 0 Å². The Morgan fingerprint density at radius 2 is 2.29 bits per heavy atom. The smallest absolute Gasteiger partial charge is 0.122 e. The highest BCUT2D eigenvalue weighted by Gasteiger charge is 2.12. The average Bonchev–Trinajstić information content (AvgIpc) is 2.74. The molecular formula is C13H24N2OS. The van der Waals surface area contributed by atoms with Crippen LogP contribution in [0.15, 0.2) is 16.7 Å². The van der Waals surface area contributed by atoms with E-state index in [0.29, 0.717) is 6.04 Å². The zero-order valence-electron chi connectivity index (χ0n) is 11.3. The summed E-state index contributed by atoms with van der Waals surface area (Å²) in [6.45, 7) is 4.05. The lowest BCUT2D eigenvalue weighted by Crippen LogP contribution is -2.29. The first-order chi connectivity index (χ1) is 8.19. The van der Waals surface area contributed by atoms with Crippen LogP contribution in [0.4, 0.5) is 0 Å². The van der Waals surface area contributed by atoms with Crippen LogP contribution in [0.3, 0.4) is 0 Å². The molecule has 0 spiro atoms. The van der Waals surface area contributed by atoms with Crippen molar-refractivity contribution < 1.29 is 4.42 Å². The highest BCUT2D eigenvalue weighted by atomic mass is 32.2. The van der Waals surface area contributed by atoms with Gasteiger partial charge < -0.3 is 9.73 Å². The molecule has 0 fully saturated rings. The fraction of sp³-hybridized carbons (Fsp3) is 0.692. The highest BCUT2D eigenvalue weighted by Crippen LogP contribution is 2.15. The first-order valence-corrected chi connectivity index (χ1v) is 7.47. The fourth-order valence-electron chi connectivity index (χ4n) is 1.76. The van der Waals surface area contributed by atoms with E-state index in [1.54, 1.807) is 6.26 Å². The summed E-state index contributed by atoms with van der Waals surface area (Å²) in [5.41, 5.74) is 1.29. The lowest BCUT2D eigenvalue weighted by atomic mass is 10.2. The summed E-state index contributed by atoms with van der Waals surface area (Å²) in [5, 5.41) is 3.13. The quantitative estimate of drug-likeness (QED) is 0.774. The molecule has 0 saturated carbocycles. The molecule has 0 bridgehead atoms. The second-order valence-electron chi connectivity index (χ2n) is 4.44. The largest absolute Gasteiger partial charge is 0.468 e. The van der Waals surface area contributed by atoms with Crippen LogP contribution in [-0.4, -0.2) is 37.0 Å². The van der Waals surface area contributed by atoms with Crippen LogP contribution in [0, 0.1) is 0 Å². The minimum atomic E-state index is 0.611. The molecule has 4 heteroatoms. The standard InChI is InChI=1S/C13H24N2OS/c1-11(6-8-17-4)15(3)10-12-5-7-16-13(12)9-14-2/h5,7,11,14H,6,8-10H2,1-4H3. The third-order valence-electron chi connectivity index (χ3n) is 3.09. The molecule has 17 heavy (non-hydrogen) atoms. The zero-order valence-corrected chi connectivity index (χ0v) is 12.1. The Labute approximate surface area is 109 Å². The normalized spacial score (nSPS) is 13.2. The van der Waals surface area contributed by atoms with Crippen LogP contribution in [0.5, 0.6) is 0 Å². The maximum atomic E-state index is 5.47. The zero-order chi connectivity index (χ0) is 12.7. The summed E-state index contributed by atoms with van der Waals surface area (Å²) in [7, 11) is 4.12. The van der Waals surface area contributed by atoms with Gasteiger partial charge in [-0.2, -0.15) is 11.8 Å². The van der Waals surface area contributed by atoms with Gasteiger partial charge in [0.2, 0.25) is 0 Å². The lowest BCUT2D eigenvalue weighted by molar-refractivity contribution is 0.243. The summed E-state index contributed by atoms with van der Waals surface area (Å²) in [6.07, 6.45) is 5.17. The molecule has 0 saturated heterocycles. The molecule has 0 radical (unpaired) electrons. The van der Waals surface area contributed by atoms with Crippen LogP contribution in [0.1, 0.15) is 24.7 Å². The van der Waals surface area contributed by atoms with Crippen LogP contribution in [0.2, 0.25) is 0 Å². The van der Waals surface area contributed by atoms with Crippen LogP contribution in [0.25, 0.3) is 0 Å². The first kappa shape index (κ1) is 14.6. The third-order valence-corrected chi connectivity index (χ3v) is 3.73. The van der Waals surface area contributed by atoms with Gasteiger partial charge in [0.05, 0.1) is 12.8 Å². The third kappa shape index (κ3) is 4.74. The predicted molar refractivity (Wildman–Crippen MR) is 75.4 cm³/mol. The van der Waals surface area contributed by atoms with E-state index in [0.717, 1.165) is 18.8 Å². The maximum Gasteiger partial charge on any atom is 0.122 e. The van der Waals surface area contributed by atoms with Gasteiger partial charge in [0.25, 0.3) is 0 Å². The number of rotatable bonds is 8. The number of hydrogen-bond acceptors (Lipinski definition) is 4. The molecule has 0 aliphatic heterocycles. The lowest BCUT2D eigenvalue weighted by Gasteiger charge is -2.24. The molecule has 1 heterocycles. The van der Waals surface area contributed by atoms with Gasteiger partial charge in [-0.25, -0.2) is 0 Å². The van der Waals surface area contributed by atoms with Crippen molar-refractivity contribution in [1.29, 1.82) is 0 Å². The molecule has 1 aromatic rings. The van der Waals surface area contributed by atoms with E-state index < -0.39 is 0 Å². The Hall–Kier alpha value is -0.450. The van der Waals surface area contributed by atoms with Gasteiger partial charge in [0, 0.05) is 18.2 Å². The van der Waals surface area contributed by atoms with Crippen molar-refractivity contribution in [2.75, 3.05) is 26.1 Å². The molecule has 1 unspecified atom stereocenters. The van der Waals surface area contributed by atoms with Gasteiger partial charge in [-0.15, -0.1) is 0 Å². The van der Waals surface area contributed by atoms with Crippen molar-refractivity contribution in [1.82, 2.24) is 10.2 Å². The molecule has 3 nitrogen and oxygen atoms in total. The Kier molecular flexibility index (Phi) is 6.70. The molecule has 98 valence electrons. The molecule has 0 aliphatic carbocycles. The second-order valence-corrected chi connectivity index (χ2v) is 5.43. The minimum Gasteiger partial charge on any atom is -0.468 e. The number of furan rings is 1. The van der Waals surface area contributed by atoms with E-state index in [1.807, 2.05) is 18.8 Å². The number of thioether (sulfide) groups is 1. The van der Waals surface area contributed by atoms with Crippen molar-refractivity contribution in [3.63, 3.8) is 0 Å². The Morgan fingerprint density at radius 3 is 2.94 bits per heavy atom. The maximum absolute atomic E-state index is 5.47. The van der Waals surface area contributed by atoms with Crippen molar-refractivity contribution in [3.05, 3.63) is 23.7 Å². The molecule has 1 aromatic heterocycles. The van der Waals surface area contributed by atoms with Gasteiger partial charge >= 0.3 is 0 Å². The van der Waals surface area contributed by atoms with E-state index in [2.05, 4.69) is 36.5 Å². The Morgan fingerprint density at radius 1 is 1.53 bits per heavy atom. The summed E-state index contributed by atoms with van der Waals surface area (Å²) in [5.74, 6) is 2.27. The summed E-state index contributed by atoms with van der Waals surface area (Å²) >= 11 is 1.91. The van der Waals surface area contributed by atoms with Crippen LogP contribution < -0.4 is 5.32 Å². The van der Waals surface area contributed by atoms with Gasteiger partial charge in [-0.05, 0) is 45.5 Å². The average molecular weight is 256 g/mol.